The molecule has 0 fully saturated rings. The Morgan fingerprint density at radius 3 is 2.38 bits per heavy atom. The zero-order valence-electron chi connectivity index (χ0n) is 10.6. The van der Waals surface area contributed by atoms with Gasteiger partial charge >= 0.3 is 6.03 Å². The molecule has 1 aromatic carbocycles. The molecule has 0 unspecified atom stereocenters. The number of urea groups is 1. The van der Waals surface area contributed by atoms with Crippen LogP contribution in [0.3, 0.4) is 0 Å². The topological polar surface area (TPSA) is 41.1 Å². The molecule has 0 spiro atoms. The summed E-state index contributed by atoms with van der Waals surface area (Å²) in [6.45, 7) is 9.89. The number of amides is 2. The van der Waals surface area contributed by atoms with E-state index in [1.54, 1.807) is 0 Å². The maximum absolute atomic E-state index is 11.7. The largest absolute Gasteiger partial charge is 0.333 e. The van der Waals surface area contributed by atoms with Gasteiger partial charge in [0.15, 0.2) is 0 Å². The summed E-state index contributed by atoms with van der Waals surface area (Å²) in [6.07, 6.45) is 0. The molecule has 0 atom stereocenters. The number of aryl methyl sites for hydroxylation is 1. The maximum Gasteiger partial charge on any atom is 0.319 e. The summed E-state index contributed by atoms with van der Waals surface area (Å²) in [6, 6.07) is 5.71. The number of hydrogen-bond donors (Lipinski definition) is 2. The molecule has 0 saturated heterocycles. The van der Waals surface area contributed by atoms with Crippen molar-refractivity contribution in [3.8, 4) is 0 Å². The first-order valence-electron chi connectivity index (χ1n) is 5.45. The minimum absolute atomic E-state index is 0.166. The molecule has 1 rings (SSSR count). The average molecular weight is 220 g/mol. The Morgan fingerprint density at radius 2 is 1.81 bits per heavy atom. The minimum atomic E-state index is -0.220. The van der Waals surface area contributed by atoms with Crippen molar-refractivity contribution in [1.29, 1.82) is 0 Å². The van der Waals surface area contributed by atoms with Gasteiger partial charge in [0, 0.05) is 11.2 Å². The van der Waals surface area contributed by atoms with Crippen LogP contribution in [0.5, 0.6) is 0 Å². The van der Waals surface area contributed by atoms with Crippen molar-refractivity contribution >= 4 is 11.7 Å². The van der Waals surface area contributed by atoms with E-state index in [2.05, 4.69) is 10.6 Å². The first kappa shape index (κ1) is 12.6. The Labute approximate surface area is 97.2 Å². The van der Waals surface area contributed by atoms with Crippen LogP contribution in [0, 0.1) is 13.8 Å². The molecule has 2 amide bonds. The lowest BCUT2D eigenvalue weighted by Gasteiger charge is -2.21. The van der Waals surface area contributed by atoms with Crippen LogP contribution < -0.4 is 10.6 Å². The summed E-state index contributed by atoms with van der Waals surface area (Å²) in [7, 11) is 0. The van der Waals surface area contributed by atoms with Crippen LogP contribution >= 0.6 is 0 Å². The zero-order valence-corrected chi connectivity index (χ0v) is 10.6. The number of nitrogens with one attached hydrogen (secondary N) is 2. The highest BCUT2D eigenvalue weighted by Crippen LogP contribution is 2.17. The highest BCUT2D eigenvalue weighted by molar-refractivity contribution is 5.90. The van der Waals surface area contributed by atoms with E-state index in [-0.39, 0.29) is 11.6 Å². The highest BCUT2D eigenvalue weighted by atomic mass is 16.2. The van der Waals surface area contributed by atoms with Crippen molar-refractivity contribution in [3.05, 3.63) is 29.3 Å². The van der Waals surface area contributed by atoms with Gasteiger partial charge in [-0.2, -0.15) is 0 Å². The Morgan fingerprint density at radius 1 is 1.19 bits per heavy atom. The number of carbonyl (C=O) groups is 1. The van der Waals surface area contributed by atoms with Gasteiger partial charge in [-0.25, -0.2) is 4.79 Å². The van der Waals surface area contributed by atoms with Crippen molar-refractivity contribution in [2.45, 2.75) is 40.2 Å². The van der Waals surface area contributed by atoms with Gasteiger partial charge in [-0.05, 0) is 51.8 Å². The van der Waals surface area contributed by atoms with E-state index in [1.807, 2.05) is 52.8 Å². The van der Waals surface area contributed by atoms with Crippen molar-refractivity contribution in [2.75, 3.05) is 5.32 Å². The fourth-order valence-corrected chi connectivity index (χ4v) is 1.38. The van der Waals surface area contributed by atoms with Gasteiger partial charge in [-0.1, -0.05) is 12.1 Å². The van der Waals surface area contributed by atoms with Crippen molar-refractivity contribution < 1.29 is 4.79 Å². The Balaban J connectivity index is 2.74. The van der Waals surface area contributed by atoms with E-state index in [4.69, 9.17) is 0 Å². The average Bonchev–Trinajstić information content (AvgIpc) is 2.09. The smallest absolute Gasteiger partial charge is 0.319 e. The lowest BCUT2D eigenvalue weighted by molar-refractivity contribution is 0.244. The summed E-state index contributed by atoms with van der Waals surface area (Å²) in [5.41, 5.74) is 2.92. The third kappa shape index (κ3) is 3.57. The molecule has 1 aromatic rings. The monoisotopic (exact) mass is 220 g/mol. The number of benzene rings is 1. The Kier molecular flexibility index (Phi) is 3.58. The van der Waals surface area contributed by atoms with Gasteiger partial charge in [-0.15, -0.1) is 0 Å². The third-order valence-electron chi connectivity index (χ3n) is 2.34. The van der Waals surface area contributed by atoms with Crippen LogP contribution in [0.2, 0.25) is 0 Å². The van der Waals surface area contributed by atoms with E-state index in [0.717, 1.165) is 11.3 Å². The van der Waals surface area contributed by atoms with Crippen molar-refractivity contribution in [3.63, 3.8) is 0 Å². The number of anilines is 1. The zero-order chi connectivity index (χ0) is 12.3. The van der Waals surface area contributed by atoms with Gasteiger partial charge in [0.25, 0.3) is 0 Å². The van der Waals surface area contributed by atoms with E-state index >= 15 is 0 Å². The van der Waals surface area contributed by atoms with Gasteiger partial charge in [0.1, 0.15) is 0 Å². The molecule has 0 aliphatic carbocycles. The molecule has 16 heavy (non-hydrogen) atoms. The molecule has 0 aliphatic rings. The van der Waals surface area contributed by atoms with Gasteiger partial charge in [0.2, 0.25) is 0 Å². The van der Waals surface area contributed by atoms with Crippen LogP contribution in [0.1, 0.15) is 31.9 Å². The molecule has 0 aromatic heterocycles. The maximum atomic E-state index is 11.7. The Hall–Kier alpha value is -1.51. The van der Waals surface area contributed by atoms with Crippen molar-refractivity contribution in [1.82, 2.24) is 5.32 Å². The number of hydrogen-bond acceptors (Lipinski definition) is 1. The fraction of sp³-hybridized carbons (Fsp3) is 0.462. The molecule has 88 valence electrons. The molecule has 3 nitrogen and oxygen atoms in total. The summed E-state index contributed by atoms with van der Waals surface area (Å²) < 4.78 is 0. The molecule has 3 heteroatoms. The van der Waals surface area contributed by atoms with E-state index < -0.39 is 0 Å². The SMILES string of the molecule is Cc1cccc(NC(=O)NC(C)(C)C)c1C. The van der Waals surface area contributed by atoms with Gasteiger partial charge < -0.3 is 10.6 Å². The predicted octanol–water partition coefficient (Wildman–Crippen LogP) is 3.22. The molecule has 0 heterocycles. The standard InChI is InChI=1S/C13H20N2O/c1-9-7-6-8-11(10(9)2)14-12(16)15-13(3,4)5/h6-8H,1-5H3,(H2,14,15,16). The lowest BCUT2D eigenvalue weighted by Crippen LogP contribution is -2.43. The number of carbonyl (C=O) groups excluding carboxylic acids is 1. The van der Waals surface area contributed by atoms with Crippen LogP contribution in [0.25, 0.3) is 0 Å². The van der Waals surface area contributed by atoms with Crippen LogP contribution in [0.15, 0.2) is 18.2 Å². The molecular weight excluding hydrogens is 200 g/mol. The summed E-state index contributed by atoms with van der Waals surface area (Å²) in [5, 5.41) is 5.72. The van der Waals surface area contributed by atoms with E-state index in [1.165, 1.54) is 5.56 Å². The second-order valence-electron chi connectivity index (χ2n) is 5.08. The second-order valence-corrected chi connectivity index (χ2v) is 5.08. The highest BCUT2D eigenvalue weighted by Gasteiger charge is 2.14. The Bertz CT molecular complexity index is 391. The lowest BCUT2D eigenvalue weighted by atomic mass is 10.1. The van der Waals surface area contributed by atoms with Gasteiger partial charge in [-0.3, -0.25) is 0 Å². The van der Waals surface area contributed by atoms with Crippen LogP contribution in [0.4, 0.5) is 10.5 Å². The van der Waals surface area contributed by atoms with Crippen LogP contribution in [-0.4, -0.2) is 11.6 Å². The minimum Gasteiger partial charge on any atom is -0.333 e. The summed E-state index contributed by atoms with van der Waals surface area (Å²) >= 11 is 0. The molecular formula is C13H20N2O. The van der Waals surface area contributed by atoms with Gasteiger partial charge in [0.05, 0.1) is 0 Å². The summed E-state index contributed by atoms with van der Waals surface area (Å²) in [5.74, 6) is 0. The normalized spacial score (nSPS) is 11.1. The van der Waals surface area contributed by atoms with Crippen molar-refractivity contribution in [2.24, 2.45) is 0 Å². The summed E-state index contributed by atoms with van der Waals surface area (Å²) in [4.78, 5) is 11.7. The number of rotatable bonds is 1. The first-order chi connectivity index (χ1) is 7.29. The second kappa shape index (κ2) is 4.56. The van der Waals surface area contributed by atoms with E-state index in [9.17, 15) is 4.79 Å². The molecule has 2 N–H and O–H groups in total. The molecule has 0 bridgehead atoms. The molecule has 0 radical (unpaired) electrons. The fourth-order valence-electron chi connectivity index (χ4n) is 1.38. The first-order valence-corrected chi connectivity index (χ1v) is 5.45. The predicted molar refractivity (Wildman–Crippen MR) is 67.8 cm³/mol. The molecule has 0 aliphatic heterocycles. The molecule has 0 saturated carbocycles. The van der Waals surface area contributed by atoms with Crippen LogP contribution in [-0.2, 0) is 0 Å². The third-order valence-corrected chi connectivity index (χ3v) is 2.34. The quantitative estimate of drug-likeness (QED) is 0.749. The van der Waals surface area contributed by atoms with E-state index in [0.29, 0.717) is 0 Å².